The Balaban J connectivity index is 2.57. The summed E-state index contributed by atoms with van der Waals surface area (Å²) in [7, 11) is 3.32. The van der Waals surface area contributed by atoms with Crippen LogP contribution < -0.4 is 15.2 Å². The molecule has 0 aliphatic rings. The summed E-state index contributed by atoms with van der Waals surface area (Å²) in [6, 6.07) is 3.95. The number of halogens is 1. The average molecular weight is 358 g/mol. The van der Waals surface area contributed by atoms with Gasteiger partial charge in [0.2, 0.25) is 0 Å². The van der Waals surface area contributed by atoms with Gasteiger partial charge in [-0.3, -0.25) is 0 Å². The molecule has 4 heteroatoms. The van der Waals surface area contributed by atoms with Crippen molar-refractivity contribution >= 4 is 15.9 Å². The van der Waals surface area contributed by atoms with Crippen LogP contribution in [0.3, 0.4) is 0 Å². The Kier molecular flexibility index (Phi) is 8.77. The van der Waals surface area contributed by atoms with Crippen LogP contribution in [0.25, 0.3) is 0 Å². The fourth-order valence-corrected chi connectivity index (χ4v) is 3.19. The molecule has 3 nitrogen and oxygen atoms in total. The van der Waals surface area contributed by atoms with Crippen molar-refractivity contribution in [2.24, 2.45) is 5.73 Å². The van der Waals surface area contributed by atoms with E-state index in [9.17, 15) is 0 Å². The minimum Gasteiger partial charge on any atom is -0.495 e. The Labute approximate surface area is 137 Å². The fourth-order valence-electron chi connectivity index (χ4n) is 2.51. The number of methoxy groups -OCH3 is 2. The Morgan fingerprint density at radius 3 is 2.33 bits per heavy atom. The fraction of sp³-hybridized carbons (Fsp3) is 0.647. The number of nitrogens with two attached hydrogens (primary N) is 1. The smallest absolute Gasteiger partial charge is 0.141 e. The largest absolute Gasteiger partial charge is 0.495 e. The van der Waals surface area contributed by atoms with Crippen LogP contribution in [0.5, 0.6) is 11.5 Å². The normalized spacial score (nSPS) is 12.2. The van der Waals surface area contributed by atoms with Gasteiger partial charge in [0.15, 0.2) is 0 Å². The molecule has 21 heavy (non-hydrogen) atoms. The van der Waals surface area contributed by atoms with Crippen molar-refractivity contribution in [1.82, 2.24) is 0 Å². The molecular weight excluding hydrogens is 330 g/mol. The van der Waals surface area contributed by atoms with Crippen molar-refractivity contribution in [2.45, 2.75) is 57.9 Å². The van der Waals surface area contributed by atoms with Gasteiger partial charge in [0.25, 0.3) is 0 Å². The summed E-state index contributed by atoms with van der Waals surface area (Å²) in [5.74, 6) is 1.55. The third-order valence-electron chi connectivity index (χ3n) is 3.78. The van der Waals surface area contributed by atoms with E-state index in [0.717, 1.165) is 34.4 Å². The second-order valence-corrected chi connectivity index (χ2v) is 6.16. The van der Waals surface area contributed by atoms with Crippen LogP contribution in [0.15, 0.2) is 16.6 Å². The Morgan fingerprint density at radius 1 is 1.05 bits per heavy atom. The molecule has 1 aromatic carbocycles. The van der Waals surface area contributed by atoms with Gasteiger partial charge in [-0.2, -0.15) is 0 Å². The Morgan fingerprint density at radius 2 is 1.71 bits per heavy atom. The lowest BCUT2D eigenvalue weighted by atomic mass is 9.99. The topological polar surface area (TPSA) is 44.5 Å². The number of benzene rings is 1. The molecule has 0 saturated heterocycles. The molecule has 0 radical (unpaired) electrons. The summed E-state index contributed by atoms with van der Waals surface area (Å²) >= 11 is 3.53. The molecule has 1 rings (SSSR count). The van der Waals surface area contributed by atoms with Crippen molar-refractivity contribution in [3.8, 4) is 11.5 Å². The van der Waals surface area contributed by atoms with Crippen LogP contribution in [-0.4, -0.2) is 14.2 Å². The van der Waals surface area contributed by atoms with Crippen molar-refractivity contribution < 1.29 is 9.47 Å². The molecule has 120 valence electrons. The van der Waals surface area contributed by atoms with Crippen LogP contribution in [-0.2, 0) is 0 Å². The van der Waals surface area contributed by atoms with Gasteiger partial charge in [0, 0.05) is 11.6 Å². The molecule has 0 aliphatic carbocycles. The minimum absolute atomic E-state index is 0.00771. The summed E-state index contributed by atoms with van der Waals surface area (Å²) in [5, 5.41) is 0. The zero-order valence-corrected chi connectivity index (χ0v) is 15.0. The number of hydrogen-bond acceptors (Lipinski definition) is 3. The second kappa shape index (κ2) is 10.1. The first-order chi connectivity index (χ1) is 10.2. The zero-order chi connectivity index (χ0) is 15.7. The second-order valence-electron chi connectivity index (χ2n) is 5.37. The van der Waals surface area contributed by atoms with Crippen LogP contribution in [0, 0.1) is 0 Å². The van der Waals surface area contributed by atoms with Gasteiger partial charge in [-0.1, -0.05) is 45.4 Å². The Bertz CT molecular complexity index is 423. The highest BCUT2D eigenvalue weighted by Crippen LogP contribution is 2.40. The summed E-state index contributed by atoms with van der Waals surface area (Å²) in [6.07, 6.45) is 8.68. The van der Waals surface area contributed by atoms with Gasteiger partial charge in [-0.25, -0.2) is 0 Å². The van der Waals surface area contributed by atoms with Crippen LogP contribution in [0.4, 0.5) is 0 Å². The number of unbranched alkanes of at least 4 members (excludes halogenated alkanes) is 5. The molecule has 0 aromatic heterocycles. The summed E-state index contributed by atoms with van der Waals surface area (Å²) in [5.41, 5.74) is 7.37. The molecule has 2 N–H and O–H groups in total. The van der Waals surface area contributed by atoms with Crippen LogP contribution in [0.2, 0.25) is 0 Å². The minimum atomic E-state index is 0.00771. The standard InChI is InChI=1S/C17H28BrNO2/c1-4-5-6-7-8-9-10-14(19)13-11-12-15(20-2)16(18)17(13)21-3/h11-12,14H,4-10,19H2,1-3H3. The average Bonchev–Trinajstić information content (AvgIpc) is 2.50. The summed E-state index contributed by atoms with van der Waals surface area (Å²) in [6.45, 7) is 2.24. The highest BCUT2D eigenvalue weighted by atomic mass is 79.9. The van der Waals surface area contributed by atoms with Crippen molar-refractivity contribution in [3.05, 3.63) is 22.2 Å². The highest BCUT2D eigenvalue weighted by Gasteiger charge is 2.17. The van der Waals surface area contributed by atoms with Gasteiger partial charge >= 0.3 is 0 Å². The molecule has 1 atom stereocenters. The van der Waals surface area contributed by atoms with Crippen LogP contribution >= 0.6 is 15.9 Å². The van der Waals surface area contributed by atoms with Crippen molar-refractivity contribution in [3.63, 3.8) is 0 Å². The Hall–Kier alpha value is -0.740. The number of ether oxygens (including phenoxy) is 2. The van der Waals surface area contributed by atoms with E-state index < -0.39 is 0 Å². The van der Waals surface area contributed by atoms with Gasteiger partial charge in [-0.15, -0.1) is 0 Å². The maximum atomic E-state index is 6.33. The van der Waals surface area contributed by atoms with E-state index in [1.165, 1.54) is 32.1 Å². The van der Waals surface area contributed by atoms with Crippen molar-refractivity contribution in [2.75, 3.05) is 14.2 Å². The quantitative estimate of drug-likeness (QED) is 0.584. The number of rotatable bonds is 10. The summed E-state index contributed by atoms with van der Waals surface area (Å²) < 4.78 is 11.6. The van der Waals surface area contributed by atoms with Crippen molar-refractivity contribution in [1.29, 1.82) is 0 Å². The van der Waals surface area contributed by atoms with Gasteiger partial charge in [0.1, 0.15) is 16.0 Å². The molecule has 0 bridgehead atoms. The molecular formula is C17H28BrNO2. The lowest BCUT2D eigenvalue weighted by Crippen LogP contribution is -2.12. The highest BCUT2D eigenvalue weighted by molar-refractivity contribution is 9.10. The molecule has 0 aliphatic heterocycles. The maximum Gasteiger partial charge on any atom is 0.141 e. The van der Waals surface area contributed by atoms with E-state index in [1.807, 2.05) is 12.1 Å². The molecule has 0 heterocycles. The molecule has 0 saturated carbocycles. The molecule has 1 unspecified atom stereocenters. The van der Waals surface area contributed by atoms with Gasteiger partial charge in [0.05, 0.1) is 14.2 Å². The van der Waals surface area contributed by atoms with Crippen LogP contribution in [0.1, 0.15) is 63.5 Å². The predicted molar refractivity (Wildman–Crippen MR) is 92.2 cm³/mol. The van der Waals surface area contributed by atoms with E-state index in [2.05, 4.69) is 22.9 Å². The number of hydrogen-bond donors (Lipinski definition) is 1. The third-order valence-corrected chi connectivity index (χ3v) is 4.54. The lowest BCUT2D eigenvalue weighted by Gasteiger charge is -2.18. The SMILES string of the molecule is CCCCCCCCC(N)c1ccc(OC)c(Br)c1OC. The first-order valence-corrected chi connectivity index (χ1v) is 8.60. The molecule has 0 amide bonds. The first-order valence-electron chi connectivity index (χ1n) is 7.81. The zero-order valence-electron chi connectivity index (χ0n) is 13.5. The van der Waals surface area contributed by atoms with E-state index >= 15 is 0 Å². The van der Waals surface area contributed by atoms with Gasteiger partial charge in [-0.05, 0) is 34.5 Å². The van der Waals surface area contributed by atoms with E-state index in [4.69, 9.17) is 15.2 Å². The molecule has 0 spiro atoms. The summed E-state index contributed by atoms with van der Waals surface area (Å²) in [4.78, 5) is 0. The maximum absolute atomic E-state index is 6.33. The lowest BCUT2D eigenvalue weighted by molar-refractivity contribution is 0.382. The molecule has 1 aromatic rings. The van der Waals surface area contributed by atoms with E-state index in [0.29, 0.717) is 0 Å². The predicted octanol–water partition coefficient (Wildman–Crippen LogP) is 5.22. The monoisotopic (exact) mass is 357 g/mol. The third kappa shape index (κ3) is 5.51. The van der Waals surface area contributed by atoms with E-state index in [1.54, 1.807) is 14.2 Å². The van der Waals surface area contributed by atoms with Gasteiger partial charge < -0.3 is 15.2 Å². The van der Waals surface area contributed by atoms with E-state index in [-0.39, 0.29) is 6.04 Å². The first kappa shape index (κ1) is 18.3. The molecule has 0 fully saturated rings.